The van der Waals surface area contributed by atoms with E-state index in [2.05, 4.69) is 133 Å². The van der Waals surface area contributed by atoms with Crippen molar-refractivity contribution < 1.29 is 0 Å². The van der Waals surface area contributed by atoms with E-state index in [0.29, 0.717) is 17.5 Å². The van der Waals surface area contributed by atoms with Gasteiger partial charge in [-0.2, -0.15) is 0 Å². The molecule has 5 heteroatoms. The molecule has 0 aliphatic heterocycles. The molecule has 0 aliphatic carbocycles. The molecule has 7 aromatic carbocycles. The number of aromatic nitrogens is 3. The summed E-state index contributed by atoms with van der Waals surface area (Å²) in [5.74, 6) is 2.01. The molecular weight excluding hydrogens is 623 g/mol. The van der Waals surface area contributed by atoms with Gasteiger partial charge in [0.15, 0.2) is 17.5 Å². The maximum atomic E-state index is 5.10. The summed E-state index contributed by atoms with van der Waals surface area (Å²) in [5, 5.41) is 7.52. The average Bonchev–Trinajstić information content (AvgIpc) is 3.72. The van der Waals surface area contributed by atoms with Gasteiger partial charge in [0.25, 0.3) is 0 Å². The van der Waals surface area contributed by atoms with Gasteiger partial charge in [0.05, 0.1) is 0 Å². The molecule has 0 fully saturated rings. The van der Waals surface area contributed by atoms with Crippen molar-refractivity contribution in [2.24, 2.45) is 0 Å². The van der Waals surface area contributed by atoms with E-state index in [0.717, 1.165) is 16.7 Å². The molecule has 48 heavy (non-hydrogen) atoms. The van der Waals surface area contributed by atoms with Gasteiger partial charge in [-0.1, -0.05) is 109 Å². The molecule has 3 aromatic heterocycles. The van der Waals surface area contributed by atoms with Gasteiger partial charge in [-0.15, -0.1) is 22.7 Å². The number of fused-ring (bicyclic) bond motifs is 7. The molecule has 3 heterocycles. The van der Waals surface area contributed by atoms with Crippen LogP contribution in [0.3, 0.4) is 0 Å². The van der Waals surface area contributed by atoms with Gasteiger partial charge in [-0.25, -0.2) is 15.0 Å². The standard InChI is InChI=1S/C43H25N3S2/c1-2-9-27(10-3-1)41-44-42(31-18-21-38-36(23-31)33-12-6-7-13-37(33)47-38)46-43(45-41)32-17-20-35-34-19-16-30(24-39(34)48-40(35)25-32)29-15-14-26-8-4-5-11-28(26)22-29/h1-25H. The molecule has 0 atom stereocenters. The van der Waals surface area contributed by atoms with Crippen molar-refractivity contribution in [3.8, 4) is 45.3 Å². The topological polar surface area (TPSA) is 38.7 Å². The molecule has 10 rings (SSSR count). The lowest BCUT2D eigenvalue weighted by molar-refractivity contribution is 1.08. The highest BCUT2D eigenvalue weighted by atomic mass is 32.1. The Morgan fingerprint density at radius 2 is 0.812 bits per heavy atom. The van der Waals surface area contributed by atoms with Crippen LogP contribution in [0.1, 0.15) is 0 Å². The summed E-state index contributed by atoms with van der Waals surface area (Å²) < 4.78 is 5.03. The Morgan fingerprint density at radius 3 is 1.62 bits per heavy atom. The zero-order valence-electron chi connectivity index (χ0n) is 25.6. The molecule has 0 aliphatic rings. The van der Waals surface area contributed by atoms with Crippen molar-refractivity contribution in [3.63, 3.8) is 0 Å². The fourth-order valence-electron chi connectivity index (χ4n) is 6.68. The smallest absolute Gasteiger partial charge is 0.164 e. The Hall–Kier alpha value is -5.75. The van der Waals surface area contributed by atoms with E-state index in [-0.39, 0.29) is 0 Å². The fourth-order valence-corrected chi connectivity index (χ4v) is 8.95. The quantitative estimate of drug-likeness (QED) is 0.191. The lowest BCUT2D eigenvalue weighted by Crippen LogP contribution is -2.00. The Bertz CT molecular complexity index is 2850. The van der Waals surface area contributed by atoms with Crippen LogP contribution in [-0.2, 0) is 0 Å². The summed E-state index contributed by atoms with van der Waals surface area (Å²) in [6.45, 7) is 0. The molecule has 0 unspecified atom stereocenters. The molecular formula is C43H25N3S2. The third-order valence-electron chi connectivity index (χ3n) is 9.12. The minimum atomic E-state index is 0.669. The highest BCUT2D eigenvalue weighted by Gasteiger charge is 2.16. The van der Waals surface area contributed by atoms with Crippen LogP contribution in [-0.4, -0.2) is 15.0 Å². The van der Waals surface area contributed by atoms with E-state index in [4.69, 9.17) is 15.0 Å². The summed E-state index contributed by atoms with van der Waals surface area (Å²) in [7, 11) is 0. The maximum absolute atomic E-state index is 5.10. The molecule has 0 saturated heterocycles. The lowest BCUT2D eigenvalue weighted by atomic mass is 10.00. The van der Waals surface area contributed by atoms with Gasteiger partial charge in [0.2, 0.25) is 0 Å². The molecule has 0 saturated carbocycles. The van der Waals surface area contributed by atoms with Crippen LogP contribution in [0.2, 0.25) is 0 Å². The fraction of sp³-hybridized carbons (Fsp3) is 0. The number of hydrogen-bond acceptors (Lipinski definition) is 5. The van der Waals surface area contributed by atoms with E-state index in [9.17, 15) is 0 Å². The van der Waals surface area contributed by atoms with Gasteiger partial charge in [0, 0.05) is 57.0 Å². The molecule has 0 N–H and O–H groups in total. The minimum absolute atomic E-state index is 0.669. The molecule has 0 spiro atoms. The highest BCUT2D eigenvalue weighted by Crippen LogP contribution is 2.40. The first-order valence-electron chi connectivity index (χ1n) is 15.9. The van der Waals surface area contributed by atoms with Gasteiger partial charge in [0.1, 0.15) is 0 Å². The molecule has 0 radical (unpaired) electrons. The summed E-state index contributed by atoms with van der Waals surface area (Å²) in [6, 6.07) is 54.0. The van der Waals surface area contributed by atoms with Crippen molar-refractivity contribution >= 4 is 73.8 Å². The van der Waals surface area contributed by atoms with E-state index in [1.807, 2.05) is 40.9 Å². The largest absolute Gasteiger partial charge is 0.208 e. The van der Waals surface area contributed by atoms with E-state index >= 15 is 0 Å². The molecule has 3 nitrogen and oxygen atoms in total. The summed E-state index contributed by atoms with van der Waals surface area (Å²) in [4.78, 5) is 15.1. The summed E-state index contributed by atoms with van der Waals surface area (Å²) in [5.41, 5.74) is 5.38. The molecule has 224 valence electrons. The van der Waals surface area contributed by atoms with Crippen LogP contribution in [0.15, 0.2) is 152 Å². The Balaban J connectivity index is 1.10. The predicted octanol–water partition coefficient (Wildman–Crippen LogP) is 12.4. The van der Waals surface area contributed by atoms with Crippen molar-refractivity contribution in [2.45, 2.75) is 0 Å². The Labute approximate surface area is 284 Å². The van der Waals surface area contributed by atoms with Gasteiger partial charge in [-0.05, 0) is 64.4 Å². The van der Waals surface area contributed by atoms with Crippen molar-refractivity contribution in [1.82, 2.24) is 15.0 Å². The zero-order valence-corrected chi connectivity index (χ0v) is 27.2. The van der Waals surface area contributed by atoms with Gasteiger partial charge >= 0.3 is 0 Å². The first kappa shape index (κ1) is 27.4. The van der Waals surface area contributed by atoms with Crippen LogP contribution < -0.4 is 0 Å². The van der Waals surface area contributed by atoms with E-state index < -0.39 is 0 Å². The van der Waals surface area contributed by atoms with Gasteiger partial charge in [-0.3, -0.25) is 0 Å². The van der Waals surface area contributed by atoms with E-state index in [1.54, 1.807) is 0 Å². The van der Waals surface area contributed by atoms with Crippen LogP contribution in [0.5, 0.6) is 0 Å². The maximum Gasteiger partial charge on any atom is 0.164 e. The van der Waals surface area contributed by atoms with Crippen LogP contribution >= 0.6 is 22.7 Å². The number of rotatable bonds is 4. The minimum Gasteiger partial charge on any atom is -0.208 e. The first-order valence-corrected chi connectivity index (χ1v) is 17.6. The lowest BCUT2D eigenvalue weighted by Gasteiger charge is -2.09. The second-order valence-corrected chi connectivity index (χ2v) is 14.2. The first-order chi connectivity index (χ1) is 23.7. The monoisotopic (exact) mass is 647 g/mol. The second-order valence-electron chi connectivity index (χ2n) is 12.1. The van der Waals surface area contributed by atoms with Gasteiger partial charge < -0.3 is 0 Å². The van der Waals surface area contributed by atoms with E-state index in [1.165, 1.54) is 62.2 Å². The normalized spacial score (nSPS) is 11.8. The Kier molecular flexibility index (Phi) is 6.22. The highest BCUT2D eigenvalue weighted by molar-refractivity contribution is 7.26. The number of hydrogen-bond donors (Lipinski definition) is 0. The number of thiophene rings is 2. The van der Waals surface area contributed by atoms with Crippen molar-refractivity contribution in [2.75, 3.05) is 0 Å². The van der Waals surface area contributed by atoms with Crippen LogP contribution in [0, 0.1) is 0 Å². The predicted molar refractivity (Wildman–Crippen MR) is 205 cm³/mol. The van der Waals surface area contributed by atoms with Crippen molar-refractivity contribution in [3.05, 3.63) is 152 Å². The van der Waals surface area contributed by atoms with Crippen LogP contribution in [0.4, 0.5) is 0 Å². The summed E-state index contributed by atoms with van der Waals surface area (Å²) in [6.07, 6.45) is 0. The molecule has 10 aromatic rings. The molecule has 0 amide bonds. The Morgan fingerprint density at radius 1 is 0.292 bits per heavy atom. The SMILES string of the molecule is c1ccc(-c2nc(-c3ccc4c(c3)sc3cc(-c5ccc6ccccc6c5)ccc34)nc(-c3ccc4sc5ccccc5c4c3)n2)cc1. The third kappa shape index (κ3) is 4.59. The number of benzene rings is 7. The molecule has 0 bridgehead atoms. The zero-order chi connectivity index (χ0) is 31.6. The second kappa shape index (κ2) is 10.9. The van der Waals surface area contributed by atoms with Crippen LogP contribution in [0.25, 0.3) is 96.4 Å². The number of nitrogens with zero attached hydrogens (tertiary/aromatic N) is 3. The average molecular weight is 648 g/mol. The van der Waals surface area contributed by atoms with Crippen molar-refractivity contribution in [1.29, 1.82) is 0 Å². The summed E-state index contributed by atoms with van der Waals surface area (Å²) >= 11 is 3.63. The third-order valence-corrected chi connectivity index (χ3v) is 11.4.